The number of aromatic nitrogens is 3. The number of aryl methyl sites for hydroxylation is 3. The lowest BCUT2D eigenvalue weighted by Gasteiger charge is -2.06. The van der Waals surface area contributed by atoms with Gasteiger partial charge in [-0.25, -0.2) is 4.98 Å². The van der Waals surface area contributed by atoms with E-state index in [0.717, 1.165) is 22.6 Å². The van der Waals surface area contributed by atoms with Crippen LogP contribution in [0.2, 0.25) is 0 Å². The lowest BCUT2D eigenvalue weighted by molar-refractivity contribution is 0.102. The minimum absolute atomic E-state index is 0.142. The van der Waals surface area contributed by atoms with Crippen molar-refractivity contribution < 1.29 is 4.79 Å². The number of carbonyl (C=O) groups excluding carboxylic acids is 1. The maximum atomic E-state index is 12.2. The van der Waals surface area contributed by atoms with E-state index in [0.29, 0.717) is 17.2 Å². The fraction of sp³-hybridized carbons (Fsp3) is 0.235. The molecule has 0 aliphatic carbocycles. The van der Waals surface area contributed by atoms with E-state index in [9.17, 15) is 4.79 Å². The first-order valence-electron chi connectivity index (χ1n) is 7.35. The van der Waals surface area contributed by atoms with Gasteiger partial charge in [-0.1, -0.05) is 12.1 Å². The Morgan fingerprint density at radius 1 is 1.17 bits per heavy atom. The molecule has 0 unspecified atom stereocenters. The van der Waals surface area contributed by atoms with Gasteiger partial charge in [0, 0.05) is 16.6 Å². The number of thiazole rings is 1. The van der Waals surface area contributed by atoms with E-state index in [2.05, 4.69) is 21.5 Å². The molecule has 0 radical (unpaired) electrons. The molecule has 3 aromatic rings. The molecule has 1 aromatic carbocycles. The molecule has 0 saturated carbocycles. The van der Waals surface area contributed by atoms with Crippen LogP contribution in [0.4, 0.5) is 5.13 Å². The maximum absolute atomic E-state index is 12.2. The second kappa shape index (κ2) is 6.34. The zero-order valence-electron chi connectivity index (χ0n) is 13.3. The van der Waals surface area contributed by atoms with Gasteiger partial charge in [-0.15, -0.1) is 11.3 Å². The number of amides is 1. The van der Waals surface area contributed by atoms with Crippen LogP contribution in [-0.2, 0) is 6.54 Å². The molecular weight excluding hydrogens is 308 g/mol. The largest absolute Gasteiger partial charge is 0.298 e. The smallest absolute Gasteiger partial charge is 0.257 e. The highest BCUT2D eigenvalue weighted by atomic mass is 32.1. The monoisotopic (exact) mass is 326 g/mol. The van der Waals surface area contributed by atoms with Crippen molar-refractivity contribution in [2.24, 2.45) is 0 Å². The van der Waals surface area contributed by atoms with Crippen molar-refractivity contribution >= 4 is 22.4 Å². The van der Waals surface area contributed by atoms with Gasteiger partial charge >= 0.3 is 0 Å². The molecule has 118 valence electrons. The predicted molar refractivity (Wildman–Crippen MR) is 92.0 cm³/mol. The standard InChI is InChI=1S/C17H18N4OS/c1-11-8-13(3)21(20-11)9-14-4-6-15(7-5-14)16(22)19-17-18-12(2)10-23-17/h4-8,10H,9H2,1-3H3,(H,18,19,22). The van der Waals surface area contributed by atoms with Crippen molar-refractivity contribution in [1.82, 2.24) is 14.8 Å². The SMILES string of the molecule is Cc1csc(NC(=O)c2ccc(Cn3nc(C)cc3C)cc2)n1. The molecule has 0 atom stereocenters. The van der Waals surface area contributed by atoms with Gasteiger partial charge < -0.3 is 0 Å². The molecule has 3 rings (SSSR count). The predicted octanol–water partition coefficient (Wildman–Crippen LogP) is 3.57. The summed E-state index contributed by atoms with van der Waals surface area (Å²) in [4.78, 5) is 16.4. The summed E-state index contributed by atoms with van der Waals surface area (Å²) < 4.78 is 1.96. The van der Waals surface area contributed by atoms with Crippen molar-refractivity contribution in [1.29, 1.82) is 0 Å². The van der Waals surface area contributed by atoms with E-state index >= 15 is 0 Å². The van der Waals surface area contributed by atoms with Crippen molar-refractivity contribution in [2.75, 3.05) is 5.32 Å². The van der Waals surface area contributed by atoms with Gasteiger partial charge in [-0.3, -0.25) is 14.8 Å². The van der Waals surface area contributed by atoms with Gasteiger partial charge in [0.2, 0.25) is 0 Å². The maximum Gasteiger partial charge on any atom is 0.257 e. The van der Waals surface area contributed by atoms with Crippen LogP contribution >= 0.6 is 11.3 Å². The highest BCUT2D eigenvalue weighted by Gasteiger charge is 2.09. The Labute approximate surface area is 139 Å². The fourth-order valence-electron chi connectivity index (χ4n) is 2.35. The van der Waals surface area contributed by atoms with Crippen molar-refractivity contribution in [2.45, 2.75) is 27.3 Å². The molecule has 0 bridgehead atoms. The molecule has 23 heavy (non-hydrogen) atoms. The summed E-state index contributed by atoms with van der Waals surface area (Å²) in [5.41, 5.74) is 4.78. The van der Waals surface area contributed by atoms with Crippen LogP contribution in [0.1, 0.15) is 33.0 Å². The summed E-state index contributed by atoms with van der Waals surface area (Å²) in [5, 5.41) is 9.80. The Hall–Kier alpha value is -2.47. The summed E-state index contributed by atoms with van der Waals surface area (Å²) >= 11 is 1.43. The first kappa shape index (κ1) is 15.4. The summed E-state index contributed by atoms with van der Waals surface area (Å²) in [5.74, 6) is -0.142. The summed E-state index contributed by atoms with van der Waals surface area (Å²) in [6.45, 7) is 6.63. The van der Waals surface area contributed by atoms with Crippen LogP contribution in [-0.4, -0.2) is 20.7 Å². The van der Waals surface area contributed by atoms with E-state index in [-0.39, 0.29) is 5.91 Å². The lowest BCUT2D eigenvalue weighted by atomic mass is 10.1. The average molecular weight is 326 g/mol. The van der Waals surface area contributed by atoms with Gasteiger partial charge in [0.05, 0.1) is 17.9 Å². The summed E-state index contributed by atoms with van der Waals surface area (Å²) in [6, 6.07) is 9.63. The molecule has 0 saturated heterocycles. The van der Waals surface area contributed by atoms with E-state index in [1.165, 1.54) is 11.3 Å². The van der Waals surface area contributed by atoms with Crippen molar-refractivity contribution in [3.63, 3.8) is 0 Å². The molecule has 2 aromatic heterocycles. The zero-order valence-corrected chi connectivity index (χ0v) is 14.1. The van der Waals surface area contributed by atoms with E-state index in [4.69, 9.17) is 0 Å². The Bertz CT molecular complexity index is 833. The number of hydrogen-bond donors (Lipinski definition) is 1. The number of nitrogens with one attached hydrogen (secondary N) is 1. The number of nitrogens with zero attached hydrogens (tertiary/aromatic N) is 3. The fourth-order valence-corrected chi connectivity index (χ4v) is 3.03. The average Bonchev–Trinajstić information content (AvgIpc) is 3.05. The van der Waals surface area contributed by atoms with Crippen LogP contribution in [0.15, 0.2) is 35.7 Å². The summed E-state index contributed by atoms with van der Waals surface area (Å²) in [7, 11) is 0. The van der Waals surface area contributed by atoms with E-state index in [1.807, 2.05) is 55.1 Å². The molecule has 1 N–H and O–H groups in total. The second-order valence-corrected chi connectivity index (χ2v) is 6.39. The molecule has 0 aliphatic heterocycles. The van der Waals surface area contributed by atoms with Gasteiger partial charge in [-0.2, -0.15) is 5.10 Å². The molecule has 5 nitrogen and oxygen atoms in total. The quantitative estimate of drug-likeness (QED) is 0.797. The molecule has 2 heterocycles. The van der Waals surface area contributed by atoms with Gasteiger partial charge in [0.15, 0.2) is 5.13 Å². The molecule has 0 spiro atoms. The van der Waals surface area contributed by atoms with Gasteiger partial charge in [0.25, 0.3) is 5.91 Å². The molecular formula is C17H18N4OS. The zero-order chi connectivity index (χ0) is 16.4. The van der Waals surface area contributed by atoms with Crippen molar-refractivity contribution in [3.8, 4) is 0 Å². The number of rotatable bonds is 4. The molecule has 6 heteroatoms. The first-order valence-corrected chi connectivity index (χ1v) is 8.23. The number of anilines is 1. The van der Waals surface area contributed by atoms with Crippen LogP contribution in [0, 0.1) is 20.8 Å². The second-order valence-electron chi connectivity index (χ2n) is 5.53. The number of carbonyl (C=O) groups is 1. The number of hydrogen-bond acceptors (Lipinski definition) is 4. The Balaban J connectivity index is 1.69. The molecule has 0 aliphatic rings. The van der Waals surface area contributed by atoms with Gasteiger partial charge in [-0.05, 0) is 44.5 Å². The topological polar surface area (TPSA) is 59.8 Å². The minimum Gasteiger partial charge on any atom is -0.298 e. The third-order valence-corrected chi connectivity index (χ3v) is 4.37. The normalized spacial score (nSPS) is 10.7. The lowest BCUT2D eigenvalue weighted by Crippen LogP contribution is -2.12. The van der Waals surface area contributed by atoms with E-state index < -0.39 is 0 Å². The van der Waals surface area contributed by atoms with Crippen LogP contribution in [0.3, 0.4) is 0 Å². The Kier molecular flexibility index (Phi) is 4.25. The van der Waals surface area contributed by atoms with E-state index in [1.54, 1.807) is 0 Å². The first-order chi connectivity index (χ1) is 11.0. The van der Waals surface area contributed by atoms with Crippen LogP contribution in [0.5, 0.6) is 0 Å². The Morgan fingerprint density at radius 2 is 1.91 bits per heavy atom. The molecule has 1 amide bonds. The van der Waals surface area contributed by atoms with Crippen molar-refractivity contribution in [3.05, 3.63) is 63.9 Å². The third-order valence-electron chi connectivity index (χ3n) is 3.49. The summed E-state index contributed by atoms with van der Waals surface area (Å²) in [6.07, 6.45) is 0. The number of benzene rings is 1. The van der Waals surface area contributed by atoms with Crippen LogP contribution in [0.25, 0.3) is 0 Å². The third kappa shape index (κ3) is 3.65. The minimum atomic E-state index is -0.142. The van der Waals surface area contributed by atoms with Gasteiger partial charge in [0.1, 0.15) is 0 Å². The molecule has 0 fully saturated rings. The highest BCUT2D eigenvalue weighted by Crippen LogP contribution is 2.16. The Morgan fingerprint density at radius 3 is 2.48 bits per heavy atom. The van der Waals surface area contributed by atoms with Crippen LogP contribution < -0.4 is 5.32 Å². The highest BCUT2D eigenvalue weighted by molar-refractivity contribution is 7.13.